The predicted octanol–water partition coefficient (Wildman–Crippen LogP) is 1.98. The zero-order chi connectivity index (χ0) is 10.7. The maximum Gasteiger partial charge on any atom is 0.257 e. The third kappa shape index (κ3) is 2.32. The second kappa shape index (κ2) is 4.10. The van der Waals surface area contributed by atoms with Gasteiger partial charge in [-0.25, -0.2) is 4.98 Å². The van der Waals surface area contributed by atoms with E-state index in [1.54, 1.807) is 12.1 Å². The van der Waals surface area contributed by atoms with Crippen LogP contribution in [-0.4, -0.2) is 10.9 Å². The standard InChI is InChI=1S/C10H9N3OS/c11-9-2-1-7(5-12-9)10(14)13-8-3-4-15-6-8/h1-6H,(H2,11,12)(H,13,14). The van der Waals surface area contributed by atoms with Crippen LogP contribution >= 0.6 is 11.3 Å². The van der Waals surface area contributed by atoms with E-state index >= 15 is 0 Å². The number of carbonyl (C=O) groups excluding carboxylic acids is 1. The number of aromatic nitrogens is 1. The molecule has 4 nitrogen and oxygen atoms in total. The van der Waals surface area contributed by atoms with Gasteiger partial charge in [0.15, 0.2) is 0 Å². The fourth-order valence-electron chi connectivity index (χ4n) is 1.08. The van der Waals surface area contributed by atoms with Crippen LogP contribution in [0.4, 0.5) is 11.5 Å². The molecule has 2 rings (SSSR count). The third-order valence-electron chi connectivity index (χ3n) is 1.83. The average Bonchev–Trinajstić information content (AvgIpc) is 2.71. The molecule has 0 aromatic carbocycles. The van der Waals surface area contributed by atoms with Crippen LogP contribution in [0.15, 0.2) is 35.2 Å². The minimum Gasteiger partial charge on any atom is -0.384 e. The van der Waals surface area contributed by atoms with Gasteiger partial charge in [0.05, 0.1) is 11.3 Å². The molecule has 0 atom stereocenters. The Morgan fingerprint density at radius 3 is 2.87 bits per heavy atom. The van der Waals surface area contributed by atoms with Gasteiger partial charge in [0.2, 0.25) is 0 Å². The van der Waals surface area contributed by atoms with Crippen molar-refractivity contribution in [2.45, 2.75) is 0 Å². The lowest BCUT2D eigenvalue weighted by atomic mass is 10.2. The lowest BCUT2D eigenvalue weighted by Gasteiger charge is -2.02. The molecule has 0 aliphatic rings. The lowest BCUT2D eigenvalue weighted by molar-refractivity contribution is 0.102. The van der Waals surface area contributed by atoms with Gasteiger partial charge in [-0.2, -0.15) is 11.3 Å². The van der Waals surface area contributed by atoms with Gasteiger partial charge in [-0.3, -0.25) is 4.79 Å². The van der Waals surface area contributed by atoms with E-state index in [0.717, 1.165) is 5.69 Å². The van der Waals surface area contributed by atoms with Crippen LogP contribution < -0.4 is 11.1 Å². The van der Waals surface area contributed by atoms with Gasteiger partial charge in [-0.05, 0) is 23.6 Å². The molecular formula is C10H9N3OS. The summed E-state index contributed by atoms with van der Waals surface area (Å²) in [5.41, 5.74) is 6.71. The Bertz CT molecular complexity index is 450. The molecule has 0 spiro atoms. The highest BCUT2D eigenvalue weighted by molar-refractivity contribution is 7.08. The topological polar surface area (TPSA) is 68.0 Å². The van der Waals surface area contributed by atoms with E-state index in [1.807, 2.05) is 16.8 Å². The molecule has 1 amide bonds. The van der Waals surface area contributed by atoms with Crippen LogP contribution in [0.25, 0.3) is 0 Å². The third-order valence-corrected chi connectivity index (χ3v) is 2.51. The van der Waals surface area contributed by atoms with Crippen molar-refractivity contribution < 1.29 is 4.79 Å². The minimum atomic E-state index is -0.180. The lowest BCUT2D eigenvalue weighted by Crippen LogP contribution is -2.11. The highest BCUT2D eigenvalue weighted by atomic mass is 32.1. The summed E-state index contributed by atoms with van der Waals surface area (Å²) in [5.74, 6) is 0.225. The quantitative estimate of drug-likeness (QED) is 0.811. The maximum absolute atomic E-state index is 11.6. The fraction of sp³-hybridized carbons (Fsp3) is 0. The smallest absolute Gasteiger partial charge is 0.257 e. The van der Waals surface area contributed by atoms with Crippen LogP contribution in [0.3, 0.4) is 0 Å². The van der Waals surface area contributed by atoms with Gasteiger partial charge in [0, 0.05) is 11.6 Å². The first-order valence-electron chi connectivity index (χ1n) is 4.31. The molecule has 76 valence electrons. The highest BCUT2D eigenvalue weighted by Crippen LogP contribution is 2.13. The molecule has 2 aromatic rings. The molecule has 0 fully saturated rings. The summed E-state index contributed by atoms with van der Waals surface area (Å²) >= 11 is 1.53. The number of nitrogens with zero attached hydrogens (tertiary/aromatic N) is 1. The van der Waals surface area contributed by atoms with Crippen molar-refractivity contribution >= 4 is 28.7 Å². The molecule has 2 heterocycles. The van der Waals surface area contributed by atoms with Crippen molar-refractivity contribution in [2.24, 2.45) is 0 Å². The Morgan fingerprint density at radius 2 is 2.27 bits per heavy atom. The zero-order valence-corrected chi connectivity index (χ0v) is 8.62. The van der Waals surface area contributed by atoms with E-state index < -0.39 is 0 Å². The molecule has 0 aliphatic carbocycles. The first-order valence-corrected chi connectivity index (χ1v) is 5.25. The largest absolute Gasteiger partial charge is 0.384 e. The number of thiophene rings is 1. The number of pyridine rings is 1. The molecule has 0 radical (unpaired) electrons. The van der Waals surface area contributed by atoms with E-state index in [2.05, 4.69) is 10.3 Å². The van der Waals surface area contributed by atoms with Crippen LogP contribution in [0.2, 0.25) is 0 Å². The number of nitrogens with one attached hydrogen (secondary N) is 1. The normalized spacial score (nSPS) is 9.87. The SMILES string of the molecule is Nc1ccc(C(=O)Nc2ccsc2)cn1. The van der Waals surface area contributed by atoms with E-state index in [0.29, 0.717) is 11.4 Å². The number of rotatable bonds is 2. The summed E-state index contributed by atoms with van der Waals surface area (Å²) in [7, 11) is 0. The van der Waals surface area contributed by atoms with Crippen molar-refractivity contribution in [1.29, 1.82) is 0 Å². The molecular weight excluding hydrogens is 210 g/mol. The molecule has 15 heavy (non-hydrogen) atoms. The highest BCUT2D eigenvalue weighted by Gasteiger charge is 2.05. The molecule has 0 bridgehead atoms. The van der Waals surface area contributed by atoms with E-state index in [-0.39, 0.29) is 5.91 Å². The Kier molecular flexibility index (Phi) is 2.64. The molecule has 0 saturated heterocycles. The van der Waals surface area contributed by atoms with Gasteiger partial charge in [0.1, 0.15) is 5.82 Å². The Labute approximate surface area is 90.8 Å². The second-order valence-electron chi connectivity index (χ2n) is 2.94. The van der Waals surface area contributed by atoms with E-state index in [4.69, 9.17) is 5.73 Å². The van der Waals surface area contributed by atoms with Gasteiger partial charge in [-0.1, -0.05) is 0 Å². The number of amides is 1. The summed E-state index contributed by atoms with van der Waals surface area (Å²) in [6.45, 7) is 0. The second-order valence-corrected chi connectivity index (χ2v) is 3.72. The summed E-state index contributed by atoms with van der Waals surface area (Å²) in [6.07, 6.45) is 1.46. The van der Waals surface area contributed by atoms with Gasteiger partial charge in [-0.15, -0.1) is 0 Å². The summed E-state index contributed by atoms with van der Waals surface area (Å²) < 4.78 is 0. The molecule has 5 heteroatoms. The van der Waals surface area contributed by atoms with Crippen LogP contribution in [-0.2, 0) is 0 Å². The first kappa shape index (κ1) is 9.67. The van der Waals surface area contributed by atoms with Crippen molar-refractivity contribution in [3.63, 3.8) is 0 Å². The minimum absolute atomic E-state index is 0.180. The number of nitrogens with two attached hydrogens (primary N) is 1. The predicted molar refractivity (Wildman–Crippen MR) is 60.9 cm³/mol. The van der Waals surface area contributed by atoms with Crippen LogP contribution in [0, 0.1) is 0 Å². The Morgan fingerprint density at radius 1 is 1.40 bits per heavy atom. The first-order chi connectivity index (χ1) is 7.25. The molecule has 0 aliphatic heterocycles. The number of nitrogen functional groups attached to an aromatic ring is 1. The number of hydrogen-bond acceptors (Lipinski definition) is 4. The van der Waals surface area contributed by atoms with Gasteiger partial charge >= 0.3 is 0 Å². The summed E-state index contributed by atoms with van der Waals surface area (Å²) in [6, 6.07) is 5.08. The van der Waals surface area contributed by atoms with Crippen molar-refractivity contribution in [3.05, 3.63) is 40.7 Å². The molecule has 3 N–H and O–H groups in total. The summed E-state index contributed by atoms with van der Waals surface area (Å²) in [5, 5.41) is 6.51. The van der Waals surface area contributed by atoms with Crippen molar-refractivity contribution in [1.82, 2.24) is 4.98 Å². The van der Waals surface area contributed by atoms with Gasteiger partial charge < -0.3 is 11.1 Å². The summed E-state index contributed by atoms with van der Waals surface area (Å²) in [4.78, 5) is 15.5. The van der Waals surface area contributed by atoms with Gasteiger partial charge in [0.25, 0.3) is 5.91 Å². The fourth-order valence-corrected chi connectivity index (χ4v) is 1.67. The average molecular weight is 219 g/mol. The Balaban J connectivity index is 2.11. The zero-order valence-electron chi connectivity index (χ0n) is 7.81. The molecule has 0 saturated carbocycles. The molecule has 0 unspecified atom stereocenters. The van der Waals surface area contributed by atoms with E-state index in [9.17, 15) is 4.79 Å². The number of anilines is 2. The monoisotopic (exact) mass is 219 g/mol. The molecule has 2 aromatic heterocycles. The van der Waals surface area contributed by atoms with E-state index in [1.165, 1.54) is 17.5 Å². The van der Waals surface area contributed by atoms with Crippen LogP contribution in [0.1, 0.15) is 10.4 Å². The Hall–Kier alpha value is -1.88. The van der Waals surface area contributed by atoms with Crippen molar-refractivity contribution in [3.8, 4) is 0 Å². The number of carbonyl (C=O) groups is 1. The maximum atomic E-state index is 11.6. The van der Waals surface area contributed by atoms with Crippen LogP contribution in [0.5, 0.6) is 0 Å². The number of hydrogen-bond donors (Lipinski definition) is 2. The van der Waals surface area contributed by atoms with Crippen molar-refractivity contribution in [2.75, 3.05) is 11.1 Å².